The fourth-order valence-corrected chi connectivity index (χ4v) is 2.63. The molecule has 5 nitrogen and oxygen atoms in total. The number of aromatic nitrogens is 1. The van der Waals surface area contributed by atoms with Crippen LogP contribution in [0.15, 0.2) is 29.0 Å². The zero-order valence-electron chi connectivity index (χ0n) is 10.9. The van der Waals surface area contributed by atoms with Crippen molar-refractivity contribution in [2.24, 2.45) is 11.1 Å². The van der Waals surface area contributed by atoms with Crippen LogP contribution in [0.2, 0.25) is 0 Å². The molecule has 0 saturated heterocycles. The number of benzene rings is 1. The van der Waals surface area contributed by atoms with Gasteiger partial charge in [-0.2, -0.15) is 0 Å². The summed E-state index contributed by atoms with van der Waals surface area (Å²) in [6, 6.07) is 5.57. The molecule has 2 N–H and O–H groups in total. The van der Waals surface area contributed by atoms with Crippen molar-refractivity contribution in [3.05, 3.63) is 24.6 Å². The number of carbonyl (C=O) groups is 1. The standard InChI is InChI=1S/C14H17N3O2/c1-17(13(18)14(8-15)5-2-6-14)10-3-4-11-12(7-10)19-9-16-11/h3-4,7,9H,2,5-6,8,15H2,1H3. The first-order valence-electron chi connectivity index (χ1n) is 6.48. The van der Waals surface area contributed by atoms with Gasteiger partial charge in [-0.15, -0.1) is 0 Å². The molecule has 0 unspecified atom stereocenters. The number of hydrogen-bond donors (Lipinski definition) is 1. The summed E-state index contributed by atoms with van der Waals surface area (Å²) in [4.78, 5) is 18.3. The van der Waals surface area contributed by atoms with E-state index >= 15 is 0 Å². The average molecular weight is 259 g/mol. The van der Waals surface area contributed by atoms with Crippen LogP contribution < -0.4 is 10.6 Å². The van der Waals surface area contributed by atoms with Crippen LogP contribution in [0.3, 0.4) is 0 Å². The highest BCUT2D eigenvalue weighted by atomic mass is 16.3. The SMILES string of the molecule is CN(C(=O)C1(CN)CCC1)c1ccc2ncoc2c1. The van der Waals surface area contributed by atoms with Gasteiger partial charge in [-0.1, -0.05) is 6.42 Å². The van der Waals surface area contributed by atoms with E-state index in [1.165, 1.54) is 6.39 Å². The van der Waals surface area contributed by atoms with E-state index in [0.717, 1.165) is 30.5 Å². The first kappa shape index (κ1) is 12.2. The lowest BCUT2D eigenvalue weighted by Gasteiger charge is -2.41. The van der Waals surface area contributed by atoms with Gasteiger partial charge in [0.05, 0.1) is 5.41 Å². The van der Waals surface area contributed by atoms with Gasteiger partial charge in [0.1, 0.15) is 5.52 Å². The van der Waals surface area contributed by atoms with Crippen LogP contribution in [0.25, 0.3) is 11.1 Å². The van der Waals surface area contributed by atoms with Crippen LogP contribution in [-0.2, 0) is 4.79 Å². The Bertz CT molecular complexity index is 610. The molecule has 0 spiro atoms. The van der Waals surface area contributed by atoms with Gasteiger partial charge in [0.2, 0.25) is 5.91 Å². The first-order chi connectivity index (χ1) is 9.16. The molecule has 1 amide bonds. The molecule has 0 atom stereocenters. The molecule has 19 heavy (non-hydrogen) atoms. The van der Waals surface area contributed by atoms with Crippen molar-refractivity contribution in [3.63, 3.8) is 0 Å². The molecular formula is C14H17N3O2. The average Bonchev–Trinajstić information content (AvgIpc) is 2.84. The van der Waals surface area contributed by atoms with Gasteiger partial charge in [-0.3, -0.25) is 4.79 Å². The molecular weight excluding hydrogens is 242 g/mol. The topological polar surface area (TPSA) is 72.4 Å². The lowest BCUT2D eigenvalue weighted by Crippen LogP contribution is -2.51. The first-order valence-corrected chi connectivity index (χ1v) is 6.48. The Labute approximate surface area is 111 Å². The second kappa shape index (κ2) is 4.35. The minimum atomic E-state index is -0.356. The van der Waals surface area contributed by atoms with Crippen molar-refractivity contribution < 1.29 is 9.21 Å². The highest BCUT2D eigenvalue weighted by molar-refractivity contribution is 5.99. The summed E-state index contributed by atoms with van der Waals surface area (Å²) in [6.07, 6.45) is 4.26. The molecule has 1 heterocycles. The monoisotopic (exact) mass is 259 g/mol. The molecule has 1 aliphatic carbocycles. The Morgan fingerprint density at radius 2 is 2.32 bits per heavy atom. The quantitative estimate of drug-likeness (QED) is 0.914. The number of rotatable bonds is 3. The van der Waals surface area contributed by atoms with Crippen molar-refractivity contribution in [2.45, 2.75) is 19.3 Å². The molecule has 1 aromatic heterocycles. The summed E-state index contributed by atoms with van der Waals surface area (Å²) in [5.74, 6) is 0.0973. The minimum Gasteiger partial charge on any atom is -0.443 e. The molecule has 100 valence electrons. The van der Waals surface area contributed by atoms with Crippen LogP contribution >= 0.6 is 0 Å². The number of carbonyl (C=O) groups excluding carboxylic acids is 1. The smallest absolute Gasteiger partial charge is 0.234 e. The van der Waals surface area contributed by atoms with Gasteiger partial charge in [-0.05, 0) is 25.0 Å². The van der Waals surface area contributed by atoms with Crippen LogP contribution in [0.4, 0.5) is 5.69 Å². The fraction of sp³-hybridized carbons (Fsp3) is 0.429. The maximum absolute atomic E-state index is 12.6. The predicted molar refractivity (Wildman–Crippen MR) is 72.8 cm³/mol. The second-order valence-corrected chi connectivity index (χ2v) is 5.21. The Kier molecular flexibility index (Phi) is 2.78. The molecule has 0 bridgehead atoms. The molecule has 1 fully saturated rings. The zero-order chi connectivity index (χ0) is 13.5. The molecule has 2 aromatic rings. The Morgan fingerprint density at radius 3 is 2.95 bits per heavy atom. The van der Waals surface area contributed by atoms with Crippen LogP contribution in [0, 0.1) is 5.41 Å². The lowest BCUT2D eigenvalue weighted by molar-refractivity contribution is -0.131. The van der Waals surface area contributed by atoms with Crippen molar-refractivity contribution in [3.8, 4) is 0 Å². The van der Waals surface area contributed by atoms with Gasteiger partial charge >= 0.3 is 0 Å². The normalized spacial score (nSPS) is 17.2. The van der Waals surface area contributed by atoms with Crippen molar-refractivity contribution >= 4 is 22.7 Å². The molecule has 1 aliphatic rings. The predicted octanol–water partition coefficient (Wildman–Crippen LogP) is 1.92. The Hall–Kier alpha value is -1.88. The van der Waals surface area contributed by atoms with E-state index in [9.17, 15) is 4.79 Å². The number of nitrogens with two attached hydrogens (primary N) is 1. The third-order valence-corrected chi connectivity index (χ3v) is 4.16. The van der Waals surface area contributed by atoms with Crippen LogP contribution in [-0.4, -0.2) is 24.5 Å². The molecule has 0 radical (unpaired) electrons. The summed E-state index contributed by atoms with van der Waals surface area (Å²) in [5.41, 5.74) is 7.72. The van der Waals surface area contributed by atoms with E-state index in [1.54, 1.807) is 11.9 Å². The summed E-state index contributed by atoms with van der Waals surface area (Å²) >= 11 is 0. The zero-order valence-corrected chi connectivity index (χ0v) is 10.9. The van der Waals surface area contributed by atoms with Crippen molar-refractivity contribution in [1.29, 1.82) is 0 Å². The van der Waals surface area contributed by atoms with Crippen molar-refractivity contribution in [2.75, 3.05) is 18.5 Å². The van der Waals surface area contributed by atoms with Gasteiger partial charge in [0.25, 0.3) is 0 Å². The molecule has 1 aromatic carbocycles. The van der Waals surface area contributed by atoms with E-state index < -0.39 is 0 Å². The number of hydrogen-bond acceptors (Lipinski definition) is 4. The lowest BCUT2D eigenvalue weighted by atomic mass is 9.68. The van der Waals surface area contributed by atoms with Crippen molar-refractivity contribution in [1.82, 2.24) is 4.98 Å². The number of oxazole rings is 1. The molecule has 1 saturated carbocycles. The molecule has 5 heteroatoms. The third-order valence-electron chi connectivity index (χ3n) is 4.16. The maximum Gasteiger partial charge on any atom is 0.234 e. The largest absolute Gasteiger partial charge is 0.443 e. The minimum absolute atomic E-state index is 0.0973. The van der Waals surface area contributed by atoms with Gasteiger partial charge in [-0.25, -0.2) is 4.98 Å². The van der Waals surface area contributed by atoms with Gasteiger partial charge < -0.3 is 15.1 Å². The second-order valence-electron chi connectivity index (χ2n) is 5.21. The molecule has 3 rings (SSSR count). The van der Waals surface area contributed by atoms with E-state index in [-0.39, 0.29) is 11.3 Å². The van der Waals surface area contributed by atoms with Crippen LogP contribution in [0.5, 0.6) is 0 Å². The third kappa shape index (κ3) is 1.81. The Morgan fingerprint density at radius 1 is 1.53 bits per heavy atom. The van der Waals surface area contributed by atoms with E-state index in [4.69, 9.17) is 10.2 Å². The van der Waals surface area contributed by atoms with Gasteiger partial charge in [0.15, 0.2) is 12.0 Å². The van der Waals surface area contributed by atoms with E-state index in [0.29, 0.717) is 12.1 Å². The maximum atomic E-state index is 12.6. The number of fused-ring (bicyclic) bond motifs is 1. The number of amides is 1. The Balaban J connectivity index is 1.90. The van der Waals surface area contributed by atoms with Gasteiger partial charge in [0, 0.05) is 25.3 Å². The van der Waals surface area contributed by atoms with Crippen LogP contribution in [0.1, 0.15) is 19.3 Å². The van der Waals surface area contributed by atoms with E-state index in [1.807, 2.05) is 18.2 Å². The highest BCUT2D eigenvalue weighted by Crippen LogP contribution is 2.42. The van der Waals surface area contributed by atoms with E-state index in [2.05, 4.69) is 4.98 Å². The summed E-state index contributed by atoms with van der Waals surface area (Å²) < 4.78 is 5.27. The summed E-state index contributed by atoms with van der Waals surface area (Å²) in [5, 5.41) is 0. The number of nitrogens with zero attached hydrogens (tertiary/aromatic N) is 2. The molecule has 0 aliphatic heterocycles. The fourth-order valence-electron chi connectivity index (χ4n) is 2.63. The summed E-state index contributed by atoms with van der Waals surface area (Å²) in [7, 11) is 1.79. The highest BCUT2D eigenvalue weighted by Gasteiger charge is 2.44. The number of anilines is 1. The summed E-state index contributed by atoms with van der Waals surface area (Å²) in [6.45, 7) is 0.417.